The SMILES string of the molecule is CC(C)(C)N=Cc1ccccc1Pc1cccc(C(C)(C)C)c1O.[Cl][Ti][Cl]. The first-order valence-corrected chi connectivity index (χ1v) is 14.0. The number of hydrogen-bond acceptors (Lipinski definition) is 2. The Morgan fingerprint density at radius 3 is 2.04 bits per heavy atom. The van der Waals surface area contributed by atoms with Crippen molar-refractivity contribution in [2.75, 3.05) is 0 Å². The molecule has 0 aromatic heterocycles. The van der Waals surface area contributed by atoms with E-state index < -0.39 is 17.0 Å². The van der Waals surface area contributed by atoms with Gasteiger partial charge in [-0.3, -0.25) is 4.99 Å². The van der Waals surface area contributed by atoms with Crippen LogP contribution in [-0.4, -0.2) is 16.9 Å². The average molecular weight is 460 g/mol. The summed E-state index contributed by atoms with van der Waals surface area (Å²) in [7, 11) is 10.2. The fourth-order valence-electron chi connectivity index (χ4n) is 2.38. The second-order valence-corrected chi connectivity index (χ2v) is 12.1. The number of halogens is 2. The summed E-state index contributed by atoms with van der Waals surface area (Å²) in [5.74, 6) is 0.422. The molecule has 0 radical (unpaired) electrons. The molecule has 1 N–H and O–H groups in total. The summed E-state index contributed by atoms with van der Waals surface area (Å²) in [6, 6.07) is 14.3. The molecular weight excluding hydrogens is 432 g/mol. The maximum atomic E-state index is 10.7. The predicted octanol–water partition coefficient (Wildman–Crippen LogP) is 5.91. The summed E-state index contributed by atoms with van der Waals surface area (Å²) in [5, 5.41) is 12.9. The van der Waals surface area contributed by atoms with Crippen molar-refractivity contribution in [1.29, 1.82) is 0 Å². The molecule has 0 aliphatic rings. The average Bonchev–Trinajstić information content (AvgIpc) is 2.55. The summed E-state index contributed by atoms with van der Waals surface area (Å²) in [5.41, 5.74) is 1.95. The van der Waals surface area contributed by atoms with Crippen LogP contribution >= 0.6 is 27.2 Å². The zero-order valence-electron chi connectivity index (χ0n) is 16.8. The van der Waals surface area contributed by atoms with Gasteiger partial charge in [-0.1, -0.05) is 71.8 Å². The number of rotatable bonds is 3. The van der Waals surface area contributed by atoms with E-state index in [1.54, 1.807) is 0 Å². The zero-order valence-corrected chi connectivity index (χ0v) is 20.8. The van der Waals surface area contributed by atoms with Crippen molar-refractivity contribution in [2.45, 2.75) is 52.5 Å². The van der Waals surface area contributed by atoms with Crippen molar-refractivity contribution < 1.29 is 22.1 Å². The molecule has 2 aromatic rings. The number of aliphatic imine (C=N–C) groups is 1. The number of phenols is 1. The summed E-state index contributed by atoms with van der Waals surface area (Å²) in [4.78, 5) is 4.63. The molecule has 0 spiro atoms. The van der Waals surface area contributed by atoms with E-state index in [1.807, 2.05) is 36.5 Å². The molecule has 1 atom stereocenters. The topological polar surface area (TPSA) is 32.6 Å². The molecule has 27 heavy (non-hydrogen) atoms. The second kappa shape index (κ2) is 11.0. The van der Waals surface area contributed by atoms with Crippen LogP contribution in [0.15, 0.2) is 47.5 Å². The molecule has 1 unspecified atom stereocenters. The van der Waals surface area contributed by atoms with E-state index >= 15 is 0 Å². The normalized spacial score (nSPS) is 12.3. The summed E-state index contributed by atoms with van der Waals surface area (Å²) >= 11 is -0.556. The van der Waals surface area contributed by atoms with Gasteiger partial charge in [0, 0.05) is 17.1 Å². The first kappa shape index (κ1) is 24.7. The Bertz CT molecular complexity index is 768. The van der Waals surface area contributed by atoms with Crippen LogP contribution in [0.3, 0.4) is 0 Å². The Hall–Kier alpha value is -0.366. The molecule has 0 amide bonds. The third kappa shape index (κ3) is 8.67. The van der Waals surface area contributed by atoms with Crippen LogP contribution in [0.5, 0.6) is 5.75 Å². The molecule has 2 nitrogen and oxygen atoms in total. The second-order valence-electron chi connectivity index (χ2n) is 8.16. The van der Waals surface area contributed by atoms with Gasteiger partial charge in [-0.15, -0.1) is 0 Å². The molecule has 2 aromatic carbocycles. The molecule has 2 rings (SSSR count). The molecule has 0 saturated carbocycles. The number of para-hydroxylation sites is 1. The Kier molecular flexibility index (Phi) is 10.0. The third-order valence-electron chi connectivity index (χ3n) is 3.67. The maximum absolute atomic E-state index is 10.7. The molecule has 0 fully saturated rings. The number of phenolic OH excluding ortho intramolecular Hbond substituents is 1. The van der Waals surface area contributed by atoms with Crippen LogP contribution in [0, 0.1) is 0 Å². The standard InChI is InChI=1S/C21H28NOP.2ClH.Ti/c1-20(2,3)16-11-9-13-18(19(16)23)24-17-12-8-7-10-15(17)14-22-21(4,5)6;;;/h7-14,23-24H,1-6H3;2*1H;/q;;;+2/p-2. The summed E-state index contributed by atoms with van der Waals surface area (Å²) in [6.07, 6.45) is 1.95. The first-order valence-electron chi connectivity index (χ1n) is 8.69. The molecule has 0 heterocycles. The Labute approximate surface area is 182 Å². The van der Waals surface area contributed by atoms with E-state index in [1.165, 1.54) is 5.30 Å². The van der Waals surface area contributed by atoms with Crippen molar-refractivity contribution in [3.8, 4) is 5.75 Å². The van der Waals surface area contributed by atoms with Crippen LogP contribution in [-0.2, 0) is 22.4 Å². The molecule has 146 valence electrons. The number of aromatic hydroxyl groups is 1. The molecular formula is C21H28Cl2NOPTi. The molecule has 0 bridgehead atoms. The van der Waals surface area contributed by atoms with E-state index in [0.29, 0.717) is 14.3 Å². The quantitative estimate of drug-likeness (QED) is 0.345. The Morgan fingerprint density at radius 1 is 0.926 bits per heavy atom. The van der Waals surface area contributed by atoms with E-state index in [9.17, 15) is 5.11 Å². The van der Waals surface area contributed by atoms with Gasteiger partial charge in [-0.25, -0.2) is 0 Å². The first-order chi connectivity index (χ1) is 12.5. The van der Waals surface area contributed by atoms with Crippen molar-refractivity contribution >= 4 is 44.0 Å². The van der Waals surface area contributed by atoms with Crippen LogP contribution in [0.25, 0.3) is 0 Å². The van der Waals surface area contributed by atoms with Gasteiger partial charge in [0.25, 0.3) is 0 Å². The van der Waals surface area contributed by atoms with Crippen molar-refractivity contribution in [2.24, 2.45) is 4.99 Å². The number of benzene rings is 2. The van der Waals surface area contributed by atoms with Crippen molar-refractivity contribution in [1.82, 2.24) is 0 Å². The fourth-order valence-corrected chi connectivity index (χ4v) is 3.58. The van der Waals surface area contributed by atoms with Crippen LogP contribution in [0.1, 0.15) is 52.7 Å². The van der Waals surface area contributed by atoms with Gasteiger partial charge in [-0.2, -0.15) is 0 Å². The number of nitrogens with zero attached hydrogens (tertiary/aromatic N) is 1. The fraction of sp³-hybridized carbons (Fsp3) is 0.381. The van der Waals surface area contributed by atoms with Crippen LogP contribution in [0.4, 0.5) is 0 Å². The Morgan fingerprint density at radius 2 is 1.48 bits per heavy atom. The molecule has 0 saturated heterocycles. The molecule has 6 heteroatoms. The number of hydrogen-bond donors (Lipinski definition) is 1. The summed E-state index contributed by atoms with van der Waals surface area (Å²) in [6.45, 7) is 12.6. The van der Waals surface area contributed by atoms with Crippen LogP contribution < -0.4 is 10.6 Å². The van der Waals surface area contributed by atoms with E-state index in [-0.39, 0.29) is 11.0 Å². The van der Waals surface area contributed by atoms with E-state index in [2.05, 4.69) is 58.7 Å². The van der Waals surface area contributed by atoms with Gasteiger partial charge < -0.3 is 5.11 Å². The molecule has 0 aliphatic carbocycles. The van der Waals surface area contributed by atoms with E-state index in [4.69, 9.17) is 18.6 Å². The van der Waals surface area contributed by atoms with Gasteiger partial charge in [0.05, 0.1) is 5.54 Å². The zero-order chi connectivity index (χ0) is 20.7. The monoisotopic (exact) mass is 459 g/mol. The summed E-state index contributed by atoms with van der Waals surface area (Å²) < 4.78 is 0. The van der Waals surface area contributed by atoms with Gasteiger partial charge >= 0.3 is 35.6 Å². The minimum absolute atomic E-state index is 0.0716. The van der Waals surface area contributed by atoms with Gasteiger partial charge in [0.1, 0.15) is 5.75 Å². The van der Waals surface area contributed by atoms with Gasteiger partial charge in [0.15, 0.2) is 0 Å². The third-order valence-corrected chi connectivity index (χ3v) is 5.06. The van der Waals surface area contributed by atoms with Crippen LogP contribution in [0.2, 0.25) is 0 Å². The van der Waals surface area contributed by atoms with Gasteiger partial charge in [0.2, 0.25) is 0 Å². The molecule has 0 aliphatic heterocycles. The van der Waals surface area contributed by atoms with E-state index in [0.717, 1.165) is 16.4 Å². The van der Waals surface area contributed by atoms with Gasteiger partial charge in [-0.05, 0) is 37.1 Å². The Balaban J connectivity index is 0.00000114. The predicted molar refractivity (Wildman–Crippen MR) is 120 cm³/mol. The van der Waals surface area contributed by atoms with Crippen molar-refractivity contribution in [3.05, 3.63) is 53.6 Å². The van der Waals surface area contributed by atoms with Crippen molar-refractivity contribution in [3.63, 3.8) is 0 Å². The minimum atomic E-state index is -0.556.